The lowest BCUT2D eigenvalue weighted by atomic mass is 9.99. The van der Waals surface area contributed by atoms with Gasteiger partial charge in [-0.2, -0.15) is 0 Å². The van der Waals surface area contributed by atoms with Crippen molar-refractivity contribution in [2.75, 3.05) is 24.2 Å². The molecule has 20 heavy (non-hydrogen) atoms. The van der Waals surface area contributed by atoms with E-state index >= 15 is 0 Å². The molecular formula is C12H19N3O4S. The summed E-state index contributed by atoms with van der Waals surface area (Å²) >= 11 is 0. The number of amides is 1. The quantitative estimate of drug-likeness (QED) is 0.895. The summed E-state index contributed by atoms with van der Waals surface area (Å²) < 4.78 is 30.0. The van der Waals surface area contributed by atoms with E-state index < -0.39 is 10.0 Å². The fourth-order valence-electron chi connectivity index (χ4n) is 2.25. The molecule has 1 N–H and O–H groups in total. The molecule has 0 unspecified atom stereocenters. The highest BCUT2D eigenvalue weighted by molar-refractivity contribution is 7.89. The number of hydrogen-bond donors (Lipinski definition) is 1. The summed E-state index contributed by atoms with van der Waals surface area (Å²) in [7, 11) is -3.24. The molecule has 112 valence electrons. The molecule has 7 nitrogen and oxygen atoms in total. The normalized spacial score (nSPS) is 20.8. The topological polar surface area (TPSA) is 92.5 Å². The first-order chi connectivity index (χ1) is 9.42. The zero-order valence-corrected chi connectivity index (χ0v) is 12.4. The minimum absolute atomic E-state index is 0.0593. The van der Waals surface area contributed by atoms with Crippen LogP contribution in [0.5, 0.6) is 0 Å². The predicted octanol–water partition coefficient (Wildman–Crippen LogP) is 0.983. The van der Waals surface area contributed by atoms with Gasteiger partial charge in [0, 0.05) is 19.2 Å². The lowest BCUT2D eigenvalue weighted by molar-refractivity contribution is -0.120. The Bertz CT molecular complexity index is 581. The van der Waals surface area contributed by atoms with Gasteiger partial charge < -0.3 is 9.84 Å². The van der Waals surface area contributed by atoms with Gasteiger partial charge in [-0.05, 0) is 26.7 Å². The molecule has 8 heteroatoms. The van der Waals surface area contributed by atoms with Crippen molar-refractivity contribution in [2.24, 2.45) is 5.92 Å². The van der Waals surface area contributed by atoms with Gasteiger partial charge >= 0.3 is 0 Å². The predicted molar refractivity (Wildman–Crippen MR) is 73.6 cm³/mol. The summed E-state index contributed by atoms with van der Waals surface area (Å²) in [6.07, 6.45) is 1.37. The Kier molecular flexibility index (Phi) is 4.44. The van der Waals surface area contributed by atoms with Gasteiger partial charge in [0.1, 0.15) is 5.76 Å². The Morgan fingerprint density at radius 1 is 1.60 bits per heavy atom. The average Bonchev–Trinajstić information content (AvgIpc) is 2.84. The third-order valence-corrected chi connectivity index (χ3v) is 5.24. The fourth-order valence-corrected chi connectivity index (χ4v) is 3.42. The SMILES string of the molecule is CCS(=O)(=O)N1CCC[C@H](C(=O)Nc2cc(C)on2)C1. The molecule has 0 bridgehead atoms. The van der Waals surface area contributed by atoms with Crippen LogP contribution in [0.2, 0.25) is 0 Å². The van der Waals surface area contributed by atoms with Crippen LogP contribution in [0.1, 0.15) is 25.5 Å². The van der Waals surface area contributed by atoms with Gasteiger partial charge in [-0.3, -0.25) is 4.79 Å². The van der Waals surface area contributed by atoms with Crippen molar-refractivity contribution in [3.05, 3.63) is 11.8 Å². The van der Waals surface area contributed by atoms with Crippen LogP contribution < -0.4 is 5.32 Å². The number of nitrogens with zero attached hydrogens (tertiary/aromatic N) is 2. The second-order valence-corrected chi connectivity index (χ2v) is 7.17. The van der Waals surface area contributed by atoms with E-state index in [4.69, 9.17) is 4.52 Å². The summed E-state index contributed by atoms with van der Waals surface area (Å²) in [5.41, 5.74) is 0. The molecule has 1 amide bonds. The van der Waals surface area contributed by atoms with Gasteiger partial charge in [-0.15, -0.1) is 0 Å². The van der Waals surface area contributed by atoms with Gasteiger partial charge in [0.2, 0.25) is 15.9 Å². The largest absolute Gasteiger partial charge is 0.360 e. The zero-order valence-electron chi connectivity index (χ0n) is 11.6. The molecule has 1 aliphatic heterocycles. The monoisotopic (exact) mass is 301 g/mol. The van der Waals surface area contributed by atoms with Crippen LogP contribution in [-0.2, 0) is 14.8 Å². The highest BCUT2D eigenvalue weighted by atomic mass is 32.2. The summed E-state index contributed by atoms with van der Waals surface area (Å²) in [5, 5.41) is 6.35. The molecule has 0 radical (unpaired) electrons. The van der Waals surface area contributed by atoms with E-state index in [0.717, 1.165) is 0 Å². The first-order valence-electron chi connectivity index (χ1n) is 6.64. The second-order valence-electron chi connectivity index (χ2n) is 4.91. The average molecular weight is 301 g/mol. The Hall–Kier alpha value is -1.41. The van der Waals surface area contributed by atoms with Gasteiger partial charge in [0.05, 0.1) is 11.7 Å². The number of rotatable bonds is 4. The highest BCUT2D eigenvalue weighted by Gasteiger charge is 2.31. The Labute approximate surface area is 118 Å². The summed E-state index contributed by atoms with van der Waals surface area (Å²) in [6, 6.07) is 1.63. The molecule has 1 fully saturated rings. The number of aryl methyl sites for hydroxylation is 1. The van der Waals surface area contributed by atoms with Gasteiger partial charge in [-0.1, -0.05) is 5.16 Å². The maximum absolute atomic E-state index is 12.1. The van der Waals surface area contributed by atoms with Crippen LogP contribution in [0, 0.1) is 12.8 Å². The second kappa shape index (κ2) is 5.92. The maximum atomic E-state index is 12.1. The molecule has 0 aromatic carbocycles. The molecule has 1 atom stereocenters. The van der Waals surface area contributed by atoms with Gasteiger partial charge in [-0.25, -0.2) is 12.7 Å². The van der Waals surface area contributed by atoms with Crippen molar-refractivity contribution in [1.29, 1.82) is 0 Å². The Balaban J connectivity index is 2.00. The Morgan fingerprint density at radius 2 is 2.35 bits per heavy atom. The molecule has 0 aliphatic carbocycles. The third-order valence-electron chi connectivity index (χ3n) is 3.39. The number of sulfonamides is 1. The maximum Gasteiger partial charge on any atom is 0.230 e. The van der Waals surface area contributed by atoms with Crippen LogP contribution in [0.4, 0.5) is 5.82 Å². The molecule has 1 aromatic heterocycles. The molecule has 0 saturated carbocycles. The molecule has 2 rings (SSSR count). The van der Waals surface area contributed by atoms with Crippen LogP contribution in [0.25, 0.3) is 0 Å². The summed E-state index contributed by atoms with van der Waals surface area (Å²) in [5.74, 6) is 0.475. The number of piperidine rings is 1. The van der Waals surface area contributed by atoms with Crippen molar-refractivity contribution in [3.8, 4) is 0 Å². The minimum Gasteiger partial charge on any atom is -0.360 e. The van der Waals surface area contributed by atoms with Crippen molar-refractivity contribution < 1.29 is 17.7 Å². The van der Waals surface area contributed by atoms with Crippen molar-refractivity contribution in [1.82, 2.24) is 9.46 Å². The number of carbonyl (C=O) groups excluding carboxylic acids is 1. The number of carbonyl (C=O) groups is 1. The molecule has 1 saturated heterocycles. The molecule has 1 aliphatic rings. The number of nitrogens with one attached hydrogen (secondary N) is 1. The Morgan fingerprint density at radius 3 is 2.95 bits per heavy atom. The van der Waals surface area contributed by atoms with Crippen LogP contribution in [-0.4, -0.2) is 42.6 Å². The number of aromatic nitrogens is 1. The highest BCUT2D eigenvalue weighted by Crippen LogP contribution is 2.21. The molecule has 0 spiro atoms. The van der Waals surface area contributed by atoms with Crippen LogP contribution >= 0.6 is 0 Å². The van der Waals surface area contributed by atoms with Gasteiger partial charge in [0.25, 0.3) is 0 Å². The summed E-state index contributed by atoms with van der Waals surface area (Å²) in [4.78, 5) is 12.1. The lowest BCUT2D eigenvalue weighted by Crippen LogP contribution is -2.44. The van der Waals surface area contributed by atoms with E-state index in [-0.39, 0.29) is 24.1 Å². The minimum atomic E-state index is -3.24. The lowest BCUT2D eigenvalue weighted by Gasteiger charge is -2.30. The standard InChI is InChI=1S/C12H19N3O4S/c1-3-20(17,18)15-6-4-5-10(8-15)12(16)13-11-7-9(2)19-14-11/h7,10H,3-6,8H2,1-2H3,(H,13,14,16)/t10-/m0/s1. The summed E-state index contributed by atoms with van der Waals surface area (Å²) in [6.45, 7) is 4.07. The van der Waals surface area contributed by atoms with E-state index in [1.807, 2.05) is 0 Å². The van der Waals surface area contributed by atoms with Gasteiger partial charge in [0.15, 0.2) is 5.82 Å². The van der Waals surface area contributed by atoms with Crippen molar-refractivity contribution in [2.45, 2.75) is 26.7 Å². The fraction of sp³-hybridized carbons (Fsp3) is 0.667. The van der Waals surface area contributed by atoms with E-state index in [0.29, 0.717) is 31.0 Å². The number of hydrogen-bond acceptors (Lipinski definition) is 5. The van der Waals surface area contributed by atoms with Crippen molar-refractivity contribution >= 4 is 21.7 Å². The smallest absolute Gasteiger partial charge is 0.230 e. The van der Waals surface area contributed by atoms with Crippen LogP contribution in [0.3, 0.4) is 0 Å². The van der Waals surface area contributed by atoms with Crippen LogP contribution in [0.15, 0.2) is 10.6 Å². The van der Waals surface area contributed by atoms with E-state index in [1.54, 1.807) is 19.9 Å². The molecule has 1 aromatic rings. The van der Waals surface area contributed by atoms with E-state index in [1.165, 1.54) is 4.31 Å². The first-order valence-corrected chi connectivity index (χ1v) is 8.25. The van der Waals surface area contributed by atoms with E-state index in [2.05, 4.69) is 10.5 Å². The third kappa shape index (κ3) is 3.37. The molecule has 2 heterocycles. The first kappa shape index (κ1) is 15.0. The van der Waals surface area contributed by atoms with E-state index in [9.17, 15) is 13.2 Å². The zero-order chi connectivity index (χ0) is 14.8. The molecular weight excluding hydrogens is 282 g/mol. The van der Waals surface area contributed by atoms with Crippen molar-refractivity contribution in [3.63, 3.8) is 0 Å². The number of anilines is 1.